The molecule has 1 fully saturated rings. The second-order valence-electron chi connectivity index (χ2n) is 3.24. The van der Waals surface area contributed by atoms with E-state index in [1.165, 1.54) is 14.0 Å². The first-order valence-electron chi connectivity index (χ1n) is 3.87. The predicted octanol–water partition coefficient (Wildman–Crippen LogP) is 1.14. The van der Waals surface area contributed by atoms with Crippen LogP contribution in [0.25, 0.3) is 0 Å². The molecule has 0 N–H and O–H groups in total. The van der Waals surface area contributed by atoms with E-state index in [2.05, 4.69) is 6.58 Å². The molecule has 1 heterocycles. The highest BCUT2D eigenvalue weighted by atomic mass is 16.7. The highest BCUT2D eigenvalue weighted by molar-refractivity contribution is 5.86. The third kappa shape index (κ3) is 1.09. The standard InChI is InChI=1S/C9H14O3/c1-6-5-12-8(11-4)9(6,3)7(2)10/h8H,1,5H2,2-4H3/t8-,9+/m1/s1. The molecule has 0 aromatic carbocycles. The molecule has 0 aromatic rings. The Morgan fingerprint density at radius 2 is 2.42 bits per heavy atom. The molecule has 1 saturated heterocycles. The summed E-state index contributed by atoms with van der Waals surface area (Å²) in [5.74, 6) is 0.0388. The van der Waals surface area contributed by atoms with E-state index in [0.717, 1.165) is 5.57 Å². The van der Waals surface area contributed by atoms with Crippen LogP contribution < -0.4 is 0 Å². The van der Waals surface area contributed by atoms with Gasteiger partial charge in [0.25, 0.3) is 0 Å². The molecule has 68 valence electrons. The number of ketones is 1. The summed E-state index contributed by atoms with van der Waals surface area (Å²) in [5.41, 5.74) is 0.135. The van der Waals surface area contributed by atoms with Crippen molar-refractivity contribution in [2.75, 3.05) is 13.7 Å². The number of hydrogen-bond donors (Lipinski definition) is 0. The lowest BCUT2D eigenvalue weighted by molar-refractivity contribution is -0.155. The number of rotatable bonds is 2. The fourth-order valence-corrected chi connectivity index (χ4v) is 1.38. The zero-order chi connectivity index (χ0) is 9.35. The predicted molar refractivity (Wildman–Crippen MR) is 44.7 cm³/mol. The molecule has 1 aliphatic rings. The maximum absolute atomic E-state index is 11.3. The summed E-state index contributed by atoms with van der Waals surface area (Å²) in [6.07, 6.45) is -0.470. The Morgan fingerprint density at radius 3 is 2.75 bits per heavy atom. The Hall–Kier alpha value is -0.670. The van der Waals surface area contributed by atoms with Crippen molar-refractivity contribution in [1.82, 2.24) is 0 Å². The lowest BCUT2D eigenvalue weighted by atomic mass is 9.81. The molecule has 2 atom stereocenters. The fourth-order valence-electron chi connectivity index (χ4n) is 1.38. The summed E-state index contributed by atoms with van der Waals surface area (Å²) >= 11 is 0. The van der Waals surface area contributed by atoms with Gasteiger partial charge in [-0.2, -0.15) is 0 Å². The molecule has 12 heavy (non-hydrogen) atoms. The van der Waals surface area contributed by atoms with E-state index in [0.29, 0.717) is 6.61 Å². The van der Waals surface area contributed by atoms with Crippen molar-refractivity contribution >= 4 is 5.78 Å². The monoisotopic (exact) mass is 170 g/mol. The van der Waals surface area contributed by atoms with Gasteiger partial charge in [-0.3, -0.25) is 4.79 Å². The van der Waals surface area contributed by atoms with Gasteiger partial charge in [0.05, 0.1) is 12.0 Å². The quantitative estimate of drug-likeness (QED) is 0.583. The van der Waals surface area contributed by atoms with E-state index in [4.69, 9.17) is 9.47 Å². The Morgan fingerprint density at radius 1 is 1.83 bits per heavy atom. The average molecular weight is 170 g/mol. The van der Waals surface area contributed by atoms with Gasteiger partial charge in [-0.1, -0.05) is 6.58 Å². The van der Waals surface area contributed by atoms with Crippen molar-refractivity contribution in [3.63, 3.8) is 0 Å². The van der Waals surface area contributed by atoms with Gasteiger partial charge in [0.1, 0.15) is 5.78 Å². The SMILES string of the molecule is C=C1CO[C@@H](OC)[C@]1(C)C(C)=O. The van der Waals surface area contributed by atoms with Crippen LogP contribution >= 0.6 is 0 Å². The normalized spacial score (nSPS) is 35.6. The van der Waals surface area contributed by atoms with Gasteiger partial charge in [0.15, 0.2) is 6.29 Å². The molecule has 1 aliphatic heterocycles. The van der Waals surface area contributed by atoms with Crippen LogP contribution in [0.2, 0.25) is 0 Å². The third-order valence-electron chi connectivity index (χ3n) is 2.56. The summed E-state index contributed by atoms with van der Waals surface area (Å²) in [6, 6.07) is 0. The second kappa shape index (κ2) is 2.99. The molecule has 0 aliphatic carbocycles. The molecule has 3 heteroatoms. The van der Waals surface area contributed by atoms with Crippen LogP contribution in [0.3, 0.4) is 0 Å². The van der Waals surface area contributed by atoms with Gasteiger partial charge < -0.3 is 9.47 Å². The molecule has 1 rings (SSSR count). The van der Waals surface area contributed by atoms with Crippen molar-refractivity contribution in [3.05, 3.63) is 12.2 Å². The fraction of sp³-hybridized carbons (Fsp3) is 0.667. The van der Waals surface area contributed by atoms with Gasteiger partial charge in [-0.25, -0.2) is 0 Å². The molecular formula is C9H14O3. The van der Waals surface area contributed by atoms with Crippen LogP contribution in [-0.2, 0) is 14.3 Å². The first-order chi connectivity index (χ1) is 5.53. The molecule has 0 spiro atoms. The number of methoxy groups -OCH3 is 1. The van der Waals surface area contributed by atoms with E-state index in [1.807, 2.05) is 0 Å². The van der Waals surface area contributed by atoms with Crippen LogP contribution in [0, 0.1) is 5.41 Å². The van der Waals surface area contributed by atoms with Crippen molar-refractivity contribution in [1.29, 1.82) is 0 Å². The molecule has 0 saturated carbocycles. The van der Waals surface area contributed by atoms with Crippen molar-refractivity contribution in [2.24, 2.45) is 5.41 Å². The molecule has 0 radical (unpaired) electrons. The minimum Gasteiger partial charge on any atom is -0.354 e. The van der Waals surface area contributed by atoms with Crippen LogP contribution in [0.1, 0.15) is 13.8 Å². The third-order valence-corrected chi connectivity index (χ3v) is 2.56. The highest BCUT2D eigenvalue weighted by Crippen LogP contribution is 2.39. The topological polar surface area (TPSA) is 35.5 Å². The van der Waals surface area contributed by atoms with E-state index < -0.39 is 11.7 Å². The lowest BCUT2D eigenvalue weighted by Gasteiger charge is -2.26. The number of Topliss-reactive ketones (excluding diaryl/α,β-unsaturated/α-hetero) is 1. The first-order valence-corrected chi connectivity index (χ1v) is 3.87. The minimum absolute atomic E-state index is 0.0388. The minimum atomic E-state index is -0.658. The number of hydrogen-bond acceptors (Lipinski definition) is 3. The maximum atomic E-state index is 11.3. The number of carbonyl (C=O) groups is 1. The Balaban J connectivity index is 2.96. The van der Waals surface area contributed by atoms with Gasteiger partial charge in [-0.05, 0) is 19.4 Å². The average Bonchev–Trinajstić information content (AvgIpc) is 2.30. The van der Waals surface area contributed by atoms with Crippen LogP contribution in [0.5, 0.6) is 0 Å². The molecular weight excluding hydrogens is 156 g/mol. The summed E-state index contributed by atoms with van der Waals surface area (Å²) in [6.45, 7) is 7.55. The van der Waals surface area contributed by atoms with Crippen molar-refractivity contribution in [3.8, 4) is 0 Å². The lowest BCUT2D eigenvalue weighted by Crippen LogP contribution is -2.36. The van der Waals surface area contributed by atoms with Crippen molar-refractivity contribution < 1.29 is 14.3 Å². The Labute approximate surface area is 72.4 Å². The summed E-state index contributed by atoms with van der Waals surface area (Å²) < 4.78 is 10.3. The molecule has 0 aromatic heterocycles. The summed E-state index contributed by atoms with van der Waals surface area (Å²) in [4.78, 5) is 11.3. The largest absolute Gasteiger partial charge is 0.354 e. The van der Waals surface area contributed by atoms with E-state index in [1.54, 1.807) is 6.92 Å². The second-order valence-corrected chi connectivity index (χ2v) is 3.24. The molecule has 0 unspecified atom stereocenters. The smallest absolute Gasteiger partial charge is 0.173 e. The van der Waals surface area contributed by atoms with E-state index >= 15 is 0 Å². The van der Waals surface area contributed by atoms with Gasteiger partial charge >= 0.3 is 0 Å². The number of carbonyl (C=O) groups excluding carboxylic acids is 1. The van der Waals surface area contributed by atoms with Crippen LogP contribution in [-0.4, -0.2) is 25.8 Å². The van der Waals surface area contributed by atoms with E-state index in [9.17, 15) is 4.79 Å². The Bertz CT molecular complexity index is 222. The van der Waals surface area contributed by atoms with Gasteiger partial charge in [0, 0.05) is 7.11 Å². The highest BCUT2D eigenvalue weighted by Gasteiger charge is 2.47. The Kier molecular flexibility index (Phi) is 2.35. The molecule has 3 nitrogen and oxygen atoms in total. The summed E-state index contributed by atoms with van der Waals surface area (Å²) in [5, 5.41) is 0. The zero-order valence-electron chi connectivity index (χ0n) is 7.72. The van der Waals surface area contributed by atoms with Gasteiger partial charge in [0.2, 0.25) is 0 Å². The van der Waals surface area contributed by atoms with Crippen LogP contribution in [0.4, 0.5) is 0 Å². The van der Waals surface area contributed by atoms with Crippen LogP contribution in [0.15, 0.2) is 12.2 Å². The zero-order valence-corrected chi connectivity index (χ0v) is 7.72. The maximum Gasteiger partial charge on any atom is 0.173 e. The van der Waals surface area contributed by atoms with Crippen molar-refractivity contribution in [2.45, 2.75) is 20.1 Å². The molecule has 0 amide bonds. The van der Waals surface area contributed by atoms with Gasteiger partial charge in [-0.15, -0.1) is 0 Å². The number of ether oxygens (including phenoxy) is 2. The summed E-state index contributed by atoms with van der Waals surface area (Å²) in [7, 11) is 1.53. The molecule has 0 bridgehead atoms. The first kappa shape index (κ1) is 9.42. The van der Waals surface area contributed by atoms with E-state index in [-0.39, 0.29) is 5.78 Å².